The van der Waals surface area contributed by atoms with Gasteiger partial charge in [0, 0.05) is 0 Å². The fraction of sp³-hybridized carbons (Fsp3) is 0.211. The first-order valence-corrected chi connectivity index (χ1v) is 7.49. The minimum Gasteiger partial charge on any atom is -0.507 e. The molecule has 2 aromatic carbocycles. The zero-order valence-corrected chi connectivity index (χ0v) is 13.5. The third-order valence-electron chi connectivity index (χ3n) is 4.10. The van der Waals surface area contributed by atoms with Gasteiger partial charge in [0.2, 0.25) is 0 Å². The molecule has 2 aromatic rings. The van der Waals surface area contributed by atoms with Gasteiger partial charge in [-0.3, -0.25) is 10.2 Å². The molecule has 0 aromatic heterocycles. The van der Waals surface area contributed by atoms with Crippen LogP contribution in [0.3, 0.4) is 0 Å². The molecule has 0 saturated carbocycles. The minimum atomic E-state index is -0.504. The number of hydrazine groups is 1. The molecule has 0 aliphatic carbocycles. The monoisotopic (exact) mass is 310 g/mol. The van der Waals surface area contributed by atoms with E-state index in [1.807, 2.05) is 12.1 Å². The lowest BCUT2D eigenvalue weighted by atomic mass is 9.94. The quantitative estimate of drug-likeness (QED) is 0.344. The Kier molecular flexibility index (Phi) is 5.19. The maximum absolute atomic E-state index is 11.9. The predicted octanol–water partition coefficient (Wildman–Crippen LogP) is 2.93. The number of carbonyl (C=O) groups excluding carboxylic acids is 1. The fourth-order valence-electron chi connectivity index (χ4n) is 2.65. The van der Waals surface area contributed by atoms with E-state index in [0.29, 0.717) is 18.4 Å². The van der Waals surface area contributed by atoms with E-state index in [-0.39, 0.29) is 11.3 Å². The Labute approximate surface area is 136 Å². The van der Waals surface area contributed by atoms with E-state index in [2.05, 4.69) is 38.0 Å². The Morgan fingerprint density at radius 3 is 2.70 bits per heavy atom. The number of amides is 1. The van der Waals surface area contributed by atoms with Crippen LogP contribution in [0.1, 0.15) is 38.2 Å². The first-order valence-electron chi connectivity index (χ1n) is 7.49. The molecule has 0 atom stereocenters. The summed E-state index contributed by atoms with van der Waals surface area (Å²) in [7, 11) is 0. The van der Waals surface area contributed by atoms with Crippen LogP contribution in [-0.2, 0) is 12.8 Å². The summed E-state index contributed by atoms with van der Waals surface area (Å²) in [4.78, 5) is 11.9. The van der Waals surface area contributed by atoms with Crippen molar-refractivity contribution in [1.29, 1.82) is 0 Å². The molecule has 0 bridgehead atoms. The van der Waals surface area contributed by atoms with Crippen LogP contribution in [0.2, 0.25) is 0 Å². The van der Waals surface area contributed by atoms with Crippen molar-refractivity contribution in [2.75, 3.05) is 0 Å². The van der Waals surface area contributed by atoms with Crippen molar-refractivity contribution >= 4 is 5.91 Å². The van der Waals surface area contributed by atoms with Crippen molar-refractivity contribution in [3.63, 3.8) is 0 Å². The Bertz CT molecular complexity index is 751. The number of aromatic hydroxyl groups is 1. The molecule has 4 nitrogen and oxygen atoms in total. The van der Waals surface area contributed by atoms with E-state index in [1.165, 1.54) is 16.7 Å². The molecule has 120 valence electrons. The lowest BCUT2D eigenvalue weighted by molar-refractivity contribution is 0.0950. The Hall–Kier alpha value is -2.59. The van der Waals surface area contributed by atoms with Crippen LogP contribution in [0, 0.1) is 13.8 Å². The maximum Gasteiger partial charge on any atom is 0.268 e. The van der Waals surface area contributed by atoms with Crippen LogP contribution in [-0.4, -0.2) is 11.0 Å². The van der Waals surface area contributed by atoms with E-state index in [9.17, 15) is 9.90 Å². The van der Waals surface area contributed by atoms with Crippen molar-refractivity contribution in [1.82, 2.24) is 5.43 Å². The van der Waals surface area contributed by atoms with Crippen molar-refractivity contribution in [2.45, 2.75) is 26.7 Å². The number of phenols is 1. The van der Waals surface area contributed by atoms with Crippen LogP contribution in [0.4, 0.5) is 0 Å². The second-order valence-electron chi connectivity index (χ2n) is 5.65. The summed E-state index contributed by atoms with van der Waals surface area (Å²) in [6, 6.07) is 9.77. The molecule has 0 heterocycles. The van der Waals surface area contributed by atoms with Crippen molar-refractivity contribution in [3.05, 3.63) is 76.4 Å². The highest BCUT2D eigenvalue weighted by molar-refractivity contribution is 5.97. The number of allylic oxidation sites excluding steroid dienone is 1. The number of phenolic OH excluding ortho intramolecular Hbond substituents is 1. The van der Waals surface area contributed by atoms with Crippen LogP contribution >= 0.6 is 0 Å². The van der Waals surface area contributed by atoms with E-state index in [1.54, 1.807) is 12.1 Å². The molecule has 2 rings (SSSR count). The molecule has 4 heteroatoms. The first-order chi connectivity index (χ1) is 11.0. The maximum atomic E-state index is 11.9. The number of benzene rings is 2. The van der Waals surface area contributed by atoms with Crippen molar-refractivity contribution < 1.29 is 9.90 Å². The summed E-state index contributed by atoms with van der Waals surface area (Å²) in [5.74, 6) is 4.66. The van der Waals surface area contributed by atoms with Gasteiger partial charge in [0.25, 0.3) is 5.91 Å². The summed E-state index contributed by atoms with van der Waals surface area (Å²) in [6.45, 7) is 7.86. The zero-order chi connectivity index (χ0) is 17.0. The second kappa shape index (κ2) is 7.11. The molecule has 1 amide bonds. The van der Waals surface area contributed by atoms with Gasteiger partial charge in [-0.1, -0.05) is 30.3 Å². The Morgan fingerprint density at radius 2 is 2.04 bits per heavy atom. The standard InChI is InChI=1S/C19H22N2O2/c1-4-6-16-10-14(11-17(18(16)22)19(23)21-20)9-15-8-5-7-12(2)13(15)3/h4-5,7-8,10-11,22H,1,6,9,20H2,2-3H3,(H,21,23). The van der Waals surface area contributed by atoms with Gasteiger partial charge in [-0.25, -0.2) is 5.84 Å². The SMILES string of the molecule is C=CCc1cc(Cc2cccc(C)c2C)cc(C(=O)NN)c1O. The van der Waals surface area contributed by atoms with E-state index >= 15 is 0 Å². The molecule has 0 aliphatic heterocycles. The summed E-state index contributed by atoms with van der Waals surface area (Å²) in [5, 5.41) is 10.2. The third kappa shape index (κ3) is 3.60. The highest BCUT2D eigenvalue weighted by Crippen LogP contribution is 2.27. The molecular weight excluding hydrogens is 288 g/mol. The number of nitrogens with two attached hydrogens (primary N) is 1. The third-order valence-corrected chi connectivity index (χ3v) is 4.10. The smallest absolute Gasteiger partial charge is 0.268 e. The number of nitrogen functional groups attached to an aromatic ring is 1. The van der Waals surface area contributed by atoms with Gasteiger partial charge in [-0.2, -0.15) is 0 Å². The van der Waals surface area contributed by atoms with E-state index in [0.717, 1.165) is 5.56 Å². The van der Waals surface area contributed by atoms with Crippen LogP contribution in [0.15, 0.2) is 43.0 Å². The molecular formula is C19H22N2O2. The Morgan fingerprint density at radius 1 is 1.30 bits per heavy atom. The Balaban J connectivity index is 2.49. The molecule has 0 unspecified atom stereocenters. The molecule has 0 fully saturated rings. The van der Waals surface area contributed by atoms with Crippen molar-refractivity contribution in [2.24, 2.45) is 5.84 Å². The molecule has 0 aliphatic rings. The highest BCUT2D eigenvalue weighted by Gasteiger charge is 2.15. The van der Waals surface area contributed by atoms with Crippen LogP contribution in [0.5, 0.6) is 5.75 Å². The molecule has 0 spiro atoms. The number of hydrogen-bond acceptors (Lipinski definition) is 3. The molecule has 23 heavy (non-hydrogen) atoms. The van der Waals surface area contributed by atoms with Gasteiger partial charge < -0.3 is 5.11 Å². The van der Waals surface area contributed by atoms with E-state index in [4.69, 9.17) is 5.84 Å². The van der Waals surface area contributed by atoms with Gasteiger partial charge in [-0.15, -0.1) is 6.58 Å². The van der Waals surface area contributed by atoms with E-state index < -0.39 is 5.91 Å². The number of rotatable bonds is 5. The molecule has 4 N–H and O–H groups in total. The van der Waals surface area contributed by atoms with Crippen LogP contribution < -0.4 is 11.3 Å². The lowest BCUT2D eigenvalue weighted by Gasteiger charge is -2.13. The lowest BCUT2D eigenvalue weighted by Crippen LogP contribution is -2.30. The summed E-state index contributed by atoms with van der Waals surface area (Å²) in [5.41, 5.74) is 7.54. The first kappa shape index (κ1) is 16.8. The van der Waals surface area contributed by atoms with Crippen LogP contribution in [0.25, 0.3) is 0 Å². The normalized spacial score (nSPS) is 10.4. The molecule has 0 radical (unpaired) electrons. The topological polar surface area (TPSA) is 75.4 Å². The number of nitrogens with one attached hydrogen (secondary N) is 1. The van der Waals surface area contributed by atoms with Gasteiger partial charge >= 0.3 is 0 Å². The van der Waals surface area contributed by atoms with Gasteiger partial charge in [0.1, 0.15) is 5.75 Å². The summed E-state index contributed by atoms with van der Waals surface area (Å²) < 4.78 is 0. The second-order valence-corrected chi connectivity index (χ2v) is 5.65. The number of carbonyl (C=O) groups is 1. The van der Waals surface area contributed by atoms with Crippen molar-refractivity contribution in [3.8, 4) is 5.75 Å². The largest absolute Gasteiger partial charge is 0.507 e. The fourth-order valence-corrected chi connectivity index (χ4v) is 2.65. The number of hydrogen-bond donors (Lipinski definition) is 3. The minimum absolute atomic E-state index is 0.0439. The van der Waals surface area contributed by atoms with Gasteiger partial charge in [-0.05, 0) is 60.6 Å². The average Bonchev–Trinajstić information content (AvgIpc) is 2.54. The predicted molar refractivity (Wildman–Crippen MR) is 92.4 cm³/mol. The highest BCUT2D eigenvalue weighted by atomic mass is 16.3. The summed E-state index contributed by atoms with van der Waals surface area (Å²) in [6.07, 6.45) is 2.86. The van der Waals surface area contributed by atoms with Gasteiger partial charge in [0.05, 0.1) is 5.56 Å². The molecule has 0 saturated heterocycles. The summed E-state index contributed by atoms with van der Waals surface area (Å²) >= 11 is 0. The average molecular weight is 310 g/mol. The van der Waals surface area contributed by atoms with Gasteiger partial charge in [0.15, 0.2) is 0 Å². The zero-order valence-electron chi connectivity index (χ0n) is 13.5. The number of aryl methyl sites for hydroxylation is 1.